The molecular weight excluding hydrogens is 279 g/mol. The second kappa shape index (κ2) is 5.75. The summed E-state index contributed by atoms with van der Waals surface area (Å²) in [5, 5.41) is 11.9. The smallest absolute Gasteiger partial charge is 0.255 e. The van der Waals surface area contributed by atoms with Crippen LogP contribution < -0.4 is 11.1 Å². The molecule has 20 heavy (non-hydrogen) atoms. The van der Waals surface area contributed by atoms with E-state index in [0.717, 1.165) is 25.3 Å². The zero-order chi connectivity index (χ0) is 14.8. The lowest BCUT2D eigenvalue weighted by Crippen LogP contribution is -2.57. The molecule has 1 aliphatic rings. The molecule has 6 heteroatoms. The minimum absolute atomic E-state index is 0.121. The van der Waals surface area contributed by atoms with Gasteiger partial charge in [0.15, 0.2) is 0 Å². The monoisotopic (exact) mass is 296 g/mol. The van der Waals surface area contributed by atoms with Gasteiger partial charge in [0.1, 0.15) is 11.6 Å². The SMILES string of the molecule is NC(=S)C1(NC(=O)c2ccc(O)cc2F)CCCCC1. The molecule has 1 saturated carbocycles. The Hall–Kier alpha value is -1.69. The predicted molar refractivity (Wildman–Crippen MR) is 78.1 cm³/mol. The highest BCUT2D eigenvalue weighted by Crippen LogP contribution is 2.29. The van der Waals surface area contributed by atoms with E-state index in [1.807, 2.05) is 0 Å². The van der Waals surface area contributed by atoms with Crippen LogP contribution in [0.1, 0.15) is 42.5 Å². The van der Waals surface area contributed by atoms with Crippen molar-refractivity contribution in [3.05, 3.63) is 29.6 Å². The number of aromatic hydroxyl groups is 1. The van der Waals surface area contributed by atoms with Gasteiger partial charge in [0.2, 0.25) is 0 Å². The topological polar surface area (TPSA) is 75.3 Å². The van der Waals surface area contributed by atoms with Crippen LogP contribution >= 0.6 is 12.2 Å². The van der Waals surface area contributed by atoms with Gasteiger partial charge in [-0.1, -0.05) is 31.5 Å². The molecule has 1 amide bonds. The van der Waals surface area contributed by atoms with Crippen molar-refractivity contribution in [2.45, 2.75) is 37.6 Å². The average Bonchev–Trinajstić information content (AvgIpc) is 2.39. The highest BCUT2D eigenvalue weighted by molar-refractivity contribution is 7.80. The van der Waals surface area contributed by atoms with Crippen molar-refractivity contribution in [1.29, 1.82) is 0 Å². The molecule has 4 N–H and O–H groups in total. The summed E-state index contributed by atoms with van der Waals surface area (Å²) in [6, 6.07) is 3.42. The third kappa shape index (κ3) is 2.90. The molecule has 4 nitrogen and oxygen atoms in total. The van der Waals surface area contributed by atoms with Crippen LogP contribution in [0.4, 0.5) is 4.39 Å². The maximum Gasteiger partial charge on any atom is 0.255 e. The Labute approximate surface area is 122 Å². The Kier molecular flexibility index (Phi) is 4.23. The van der Waals surface area contributed by atoms with E-state index in [9.17, 15) is 9.18 Å². The van der Waals surface area contributed by atoms with Crippen molar-refractivity contribution in [2.24, 2.45) is 5.73 Å². The van der Waals surface area contributed by atoms with E-state index in [4.69, 9.17) is 23.1 Å². The molecule has 108 valence electrons. The highest BCUT2D eigenvalue weighted by atomic mass is 32.1. The second-order valence-corrected chi connectivity index (χ2v) is 5.57. The fraction of sp³-hybridized carbons (Fsp3) is 0.429. The van der Waals surface area contributed by atoms with E-state index >= 15 is 0 Å². The van der Waals surface area contributed by atoms with Crippen LogP contribution in [0.2, 0.25) is 0 Å². The number of nitrogens with one attached hydrogen (secondary N) is 1. The molecule has 0 heterocycles. The number of rotatable bonds is 3. The number of benzene rings is 1. The lowest BCUT2D eigenvalue weighted by molar-refractivity contribution is 0.0904. The van der Waals surface area contributed by atoms with E-state index in [1.165, 1.54) is 12.1 Å². The molecule has 1 aromatic carbocycles. The molecule has 2 rings (SSSR count). The number of hydrogen-bond acceptors (Lipinski definition) is 3. The van der Waals surface area contributed by atoms with Gasteiger partial charge in [-0.3, -0.25) is 4.79 Å². The number of nitrogens with two attached hydrogens (primary N) is 1. The molecular formula is C14H17FN2O2S. The molecule has 0 unspecified atom stereocenters. The maximum absolute atomic E-state index is 13.7. The van der Waals surface area contributed by atoms with E-state index in [-0.39, 0.29) is 16.3 Å². The third-order valence-corrected chi connectivity index (χ3v) is 4.12. The van der Waals surface area contributed by atoms with Crippen LogP contribution in [-0.2, 0) is 0 Å². The maximum atomic E-state index is 13.7. The zero-order valence-corrected chi connectivity index (χ0v) is 11.8. The number of amides is 1. The minimum atomic E-state index is -0.767. The minimum Gasteiger partial charge on any atom is -0.508 e. The summed E-state index contributed by atoms with van der Waals surface area (Å²) >= 11 is 5.08. The van der Waals surface area contributed by atoms with Crippen LogP contribution in [0.3, 0.4) is 0 Å². The molecule has 0 bridgehead atoms. The second-order valence-electron chi connectivity index (χ2n) is 5.13. The van der Waals surface area contributed by atoms with Crippen LogP contribution in [0.15, 0.2) is 18.2 Å². The number of carbonyl (C=O) groups is 1. The molecule has 1 aliphatic carbocycles. The van der Waals surface area contributed by atoms with Gasteiger partial charge in [0, 0.05) is 6.07 Å². The molecule has 0 saturated heterocycles. The summed E-state index contributed by atoms with van der Waals surface area (Å²) in [6.45, 7) is 0. The molecule has 1 fully saturated rings. The van der Waals surface area contributed by atoms with Gasteiger partial charge in [-0.2, -0.15) is 0 Å². The van der Waals surface area contributed by atoms with Crippen LogP contribution in [0.5, 0.6) is 5.75 Å². The summed E-state index contributed by atoms with van der Waals surface area (Å²) in [6.07, 6.45) is 4.28. The van der Waals surface area contributed by atoms with Crippen molar-refractivity contribution in [3.63, 3.8) is 0 Å². The average molecular weight is 296 g/mol. The fourth-order valence-electron chi connectivity index (χ4n) is 2.56. The van der Waals surface area contributed by atoms with Crippen molar-refractivity contribution >= 4 is 23.1 Å². The number of hydrogen-bond donors (Lipinski definition) is 3. The molecule has 0 aliphatic heterocycles. The Balaban J connectivity index is 2.22. The molecule has 0 atom stereocenters. The number of phenols is 1. The summed E-state index contributed by atoms with van der Waals surface area (Å²) in [7, 11) is 0. The number of phenolic OH excluding ortho intramolecular Hbond substituents is 1. The van der Waals surface area contributed by atoms with Gasteiger partial charge < -0.3 is 16.2 Å². The van der Waals surface area contributed by atoms with E-state index in [1.54, 1.807) is 0 Å². The number of thiocarbonyl (C=S) groups is 1. The standard InChI is InChI=1S/C14H17FN2O2S/c15-11-8-9(18)4-5-10(11)12(19)17-14(13(16)20)6-2-1-3-7-14/h4-5,8,18H,1-3,6-7H2,(H2,16,20)(H,17,19). The summed E-state index contributed by atoms with van der Waals surface area (Å²) in [5.41, 5.74) is 4.93. The molecule has 0 radical (unpaired) electrons. The Morgan fingerprint density at radius 1 is 1.35 bits per heavy atom. The van der Waals surface area contributed by atoms with Crippen molar-refractivity contribution in [2.75, 3.05) is 0 Å². The number of halogens is 1. The zero-order valence-electron chi connectivity index (χ0n) is 11.0. The Morgan fingerprint density at radius 3 is 2.55 bits per heavy atom. The first kappa shape index (κ1) is 14.7. The van der Waals surface area contributed by atoms with Gasteiger partial charge >= 0.3 is 0 Å². The predicted octanol–water partition coefficient (Wildman–Crippen LogP) is 2.25. The van der Waals surface area contributed by atoms with E-state index < -0.39 is 17.3 Å². The first-order valence-corrected chi connectivity index (χ1v) is 6.96. The van der Waals surface area contributed by atoms with Gasteiger partial charge in [-0.25, -0.2) is 4.39 Å². The largest absolute Gasteiger partial charge is 0.508 e. The van der Waals surface area contributed by atoms with Crippen LogP contribution in [-0.4, -0.2) is 21.5 Å². The Morgan fingerprint density at radius 2 is 2.00 bits per heavy atom. The van der Waals surface area contributed by atoms with Crippen molar-refractivity contribution in [3.8, 4) is 5.75 Å². The summed E-state index contributed by atoms with van der Waals surface area (Å²) in [4.78, 5) is 12.4. The third-order valence-electron chi connectivity index (χ3n) is 3.73. The number of carbonyl (C=O) groups excluding carboxylic acids is 1. The lowest BCUT2D eigenvalue weighted by Gasteiger charge is -2.37. The first-order chi connectivity index (χ1) is 9.44. The van der Waals surface area contributed by atoms with Crippen LogP contribution in [0.25, 0.3) is 0 Å². The van der Waals surface area contributed by atoms with Gasteiger partial charge in [-0.15, -0.1) is 0 Å². The van der Waals surface area contributed by atoms with Gasteiger partial charge in [0.25, 0.3) is 5.91 Å². The van der Waals surface area contributed by atoms with Crippen molar-refractivity contribution in [1.82, 2.24) is 5.32 Å². The van der Waals surface area contributed by atoms with Gasteiger partial charge in [0.05, 0.1) is 16.1 Å². The molecule has 1 aromatic rings. The fourth-order valence-corrected chi connectivity index (χ4v) is 2.82. The quantitative estimate of drug-likeness (QED) is 0.748. The highest BCUT2D eigenvalue weighted by Gasteiger charge is 2.37. The van der Waals surface area contributed by atoms with Crippen LogP contribution in [0, 0.1) is 5.82 Å². The van der Waals surface area contributed by atoms with Crippen molar-refractivity contribution < 1.29 is 14.3 Å². The van der Waals surface area contributed by atoms with Gasteiger partial charge in [-0.05, 0) is 25.0 Å². The molecule has 0 aromatic heterocycles. The summed E-state index contributed by atoms with van der Waals surface area (Å²) in [5.74, 6) is -1.55. The Bertz CT molecular complexity index is 542. The lowest BCUT2D eigenvalue weighted by atomic mass is 9.81. The molecule has 0 spiro atoms. The summed E-state index contributed by atoms with van der Waals surface area (Å²) < 4.78 is 13.7. The first-order valence-electron chi connectivity index (χ1n) is 6.55. The van der Waals surface area contributed by atoms with E-state index in [2.05, 4.69) is 5.32 Å². The van der Waals surface area contributed by atoms with E-state index in [0.29, 0.717) is 12.8 Å². The normalized spacial score (nSPS) is 17.4.